The topological polar surface area (TPSA) is 55.5 Å². The van der Waals surface area contributed by atoms with E-state index in [2.05, 4.69) is 4.99 Å². The first-order valence-electron chi connectivity index (χ1n) is 6.60. The molecule has 0 aromatic heterocycles. The molecule has 0 saturated carbocycles. The van der Waals surface area contributed by atoms with Gasteiger partial charge in [0.2, 0.25) is 0 Å². The Morgan fingerprint density at radius 2 is 1.77 bits per heavy atom. The van der Waals surface area contributed by atoms with Gasteiger partial charge in [-0.25, -0.2) is 0 Å². The molecule has 3 rings (SSSR count). The molecule has 0 fully saturated rings. The normalized spacial score (nSPS) is 11.1. The molecule has 0 spiro atoms. The van der Waals surface area contributed by atoms with Crippen molar-refractivity contribution >= 4 is 40.0 Å². The van der Waals surface area contributed by atoms with Gasteiger partial charge >= 0.3 is 0 Å². The van der Waals surface area contributed by atoms with E-state index in [4.69, 9.17) is 11.6 Å². The molecule has 0 aliphatic rings. The molecule has 22 heavy (non-hydrogen) atoms. The molecule has 4 nitrogen and oxygen atoms in total. The highest BCUT2D eigenvalue weighted by Crippen LogP contribution is 2.28. The van der Waals surface area contributed by atoms with E-state index in [0.717, 1.165) is 16.3 Å². The van der Waals surface area contributed by atoms with Gasteiger partial charge in [-0.2, -0.15) is 0 Å². The molecule has 0 unspecified atom stereocenters. The molecule has 5 heteroatoms. The first kappa shape index (κ1) is 14.2. The lowest BCUT2D eigenvalue weighted by atomic mass is 10.1. The number of rotatable bonds is 3. The lowest BCUT2D eigenvalue weighted by Crippen LogP contribution is -1.88. The highest BCUT2D eigenvalue weighted by molar-refractivity contribution is 6.32. The van der Waals surface area contributed by atoms with E-state index in [0.29, 0.717) is 5.69 Å². The second kappa shape index (κ2) is 5.95. The maximum absolute atomic E-state index is 10.9. The Labute approximate surface area is 131 Å². The van der Waals surface area contributed by atoms with Crippen LogP contribution < -0.4 is 0 Å². The number of hydrogen-bond acceptors (Lipinski definition) is 3. The smallest absolute Gasteiger partial charge is 0.258 e. The zero-order chi connectivity index (χ0) is 15.5. The minimum Gasteiger partial charge on any atom is -0.258 e. The van der Waals surface area contributed by atoms with Crippen molar-refractivity contribution in [3.8, 4) is 0 Å². The van der Waals surface area contributed by atoms with E-state index in [-0.39, 0.29) is 10.7 Å². The average Bonchev–Trinajstić information content (AvgIpc) is 2.53. The van der Waals surface area contributed by atoms with Crippen LogP contribution in [0.3, 0.4) is 0 Å². The van der Waals surface area contributed by atoms with Crippen LogP contribution in [0, 0.1) is 10.1 Å². The fraction of sp³-hybridized carbons (Fsp3) is 0. The quantitative estimate of drug-likeness (QED) is 0.381. The standard InChI is InChI=1S/C17H11ClN2O2/c18-16-8-7-15(10-17(16)20(21)22)19-11-12-5-6-13-3-1-2-4-14(13)9-12/h1-11H. The fourth-order valence-electron chi connectivity index (χ4n) is 2.16. The van der Waals surface area contributed by atoms with Gasteiger partial charge in [0, 0.05) is 12.3 Å². The van der Waals surface area contributed by atoms with E-state index >= 15 is 0 Å². The average molecular weight is 311 g/mol. The van der Waals surface area contributed by atoms with Crippen LogP contribution in [0.5, 0.6) is 0 Å². The summed E-state index contributed by atoms with van der Waals surface area (Å²) in [6.07, 6.45) is 1.68. The van der Waals surface area contributed by atoms with Crippen LogP contribution >= 0.6 is 11.6 Å². The number of nitro groups is 1. The Morgan fingerprint density at radius 1 is 1.00 bits per heavy atom. The van der Waals surface area contributed by atoms with Crippen LogP contribution in [0.2, 0.25) is 5.02 Å². The maximum Gasteiger partial charge on any atom is 0.290 e. The molecule has 0 aliphatic heterocycles. The monoisotopic (exact) mass is 310 g/mol. The van der Waals surface area contributed by atoms with Gasteiger partial charge in [0.1, 0.15) is 5.02 Å². The SMILES string of the molecule is O=[N+]([O-])c1cc(N=Cc2ccc3ccccc3c2)ccc1Cl. The third-order valence-electron chi connectivity index (χ3n) is 3.26. The van der Waals surface area contributed by atoms with Gasteiger partial charge in [0.15, 0.2) is 0 Å². The molecule has 0 N–H and O–H groups in total. The Bertz CT molecular complexity index is 891. The molecule has 0 heterocycles. The van der Waals surface area contributed by atoms with E-state index in [9.17, 15) is 10.1 Å². The number of nitrogens with zero attached hydrogens (tertiary/aromatic N) is 2. The molecule has 108 valence electrons. The summed E-state index contributed by atoms with van der Waals surface area (Å²) in [6, 6.07) is 18.5. The Hall–Kier alpha value is -2.72. The summed E-state index contributed by atoms with van der Waals surface area (Å²) in [4.78, 5) is 14.6. The lowest BCUT2D eigenvalue weighted by Gasteiger charge is -2.00. The van der Waals surface area contributed by atoms with Crippen molar-refractivity contribution in [1.29, 1.82) is 0 Å². The van der Waals surface area contributed by atoms with Crippen molar-refractivity contribution in [1.82, 2.24) is 0 Å². The molecular weight excluding hydrogens is 300 g/mol. The molecule has 0 aliphatic carbocycles. The van der Waals surface area contributed by atoms with Gasteiger partial charge in [-0.3, -0.25) is 15.1 Å². The predicted octanol–water partition coefficient (Wildman–Crippen LogP) is 5.15. The minimum absolute atomic E-state index is 0.106. The largest absolute Gasteiger partial charge is 0.290 e. The van der Waals surface area contributed by atoms with Gasteiger partial charge in [-0.15, -0.1) is 0 Å². The van der Waals surface area contributed by atoms with Crippen molar-refractivity contribution in [2.75, 3.05) is 0 Å². The van der Waals surface area contributed by atoms with Crippen LogP contribution in [0.1, 0.15) is 5.56 Å². The number of hydrogen-bond donors (Lipinski definition) is 0. The number of aliphatic imine (C=N–C) groups is 1. The van der Waals surface area contributed by atoms with Crippen molar-refractivity contribution in [3.63, 3.8) is 0 Å². The number of benzene rings is 3. The Balaban J connectivity index is 1.92. The second-order valence-corrected chi connectivity index (χ2v) is 5.16. The van der Waals surface area contributed by atoms with Crippen LogP contribution in [0.25, 0.3) is 10.8 Å². The predicted molar refractivity (Wildman–Crippen MR) is 89.3 cm³/mol. The third-order valence-corrected chi connectivity index (χ3v) is 3.58. The van der Waals surface area contributed by atoms with E-state index < -0.39 is 4.92 Å². The number of fused-ring (bicyclic) bond motifs is 1. The van der Waals surface area contributed by atoms with Crippen LogP contribution in [0.15, 0.2) is 65.7 Å². The number of halogens is 1. The van der Waals surface area contributed by atoms with E-state index in [1.165, 1.54) is 12.1 Å². The second-order valence-electron chi connectivity index (χ2n) is 4.76. The van der Waals surface area contributed by atoms with Crippen LogP contribution in [-0.2, 0) is 0 Å². The van der Waals surface area contributed by atoms with Gasteiger partial charge in [-0.05, 0) is 34.5 Å². The van der Waals surface area contributed by atoms with E-state index in [1.54, 1.807) is 12.3 Å². The van der Waals surface area contributed by atoms with Gasteiger partial charge in [-0.1, -0.05) is 48.0 Å². The van der Waals surface area contributed by atoms with Crippen molar-refractivity contribution in [3.05, 3.63) is 81.4 Å². The van der Waals surface area contributed by atoms with Crippen LogP contribution in [-0.4, -0.2) is 11.1 Å². The van der Waals surface area contributed by atoms with E-state index in [1.807, 2.05) is 42.5 Å². The molecule has 0 saturated heterocycles. The van der Waals surface area contributed by atoms with Crippen LogP contribution in [0.4, 0.5) is 11.4 Å². The minimum atomic E-state index is -0.516. The molecule has 0 atom stereocenters. The maximum atomic E-state index is 10.9. The summed E-state index contributed by atoms with van der Waals surface area (Å²) in [5, 5.41) is 13.2. The molecule has 3 aromatic rings. The fourth-order valence-corrected chi connectivity index (χ4v) is 2.34. The van der Waals surface area contributed by atoms with Gasteiger partial charge in [0.25, 0.3) is 5.69 Å². The highest BCUT2D eigenvalue weighted by atomic mass is 35.5. The van der Waals surface area contributed by atoms with Gasteiger partial charge < -0.3 is 0 Å². The molecule has 0 radical (unpaired) electrons. The summed E-state index contributed by atoms with van der Waals surface area (Å²) in [5.41, 5.74) is 1.27. The summed E-state index contributed by atoms with van der Waals surface area (Å²) < 4.78 is 0. The first-order valence-corrected chi connectivity index (χ1v) is 6.98. The summed E-state index contributed by atoms with van der Waals surface area (Å²) in [7, 11) is 0. The molecule has 3 aromatic carbocycles. The molecular formula is C17H11ClN2O2. The summed E-state index contributed by atoms with van der Waals surface area (Å²) in [5.74, 6) is 0. The van der Waals surface area contributed by atoms with Crippen molar-refractivity contribution in [2.24, 2.45) is 4.99 Å². The van der Waals surface area contributed by atoms with Crippen molar-refractivity contribution in [2.45, 2.75) is 0 Å². The van der Waals surface area contributed by atoms with Gasteiger partial charge in [0.05, 0.1) is 10.6 Å². The number of nitro benzene ring substituents is 1. The molecule has 0 amide bonds. The Kier molecular flexibility index (Phi) is 3.85. The van der Waals surface area contributed by atoms with Crippen molar-refractivity contribution < 1.29 is 4.92 Å². The summed E-state index contributed by atoms with van der Waals surface area (Å²) in [6.45, 7) is 0. The highest BCUT2D eigenvalue weighted by Gasteiger charge is 2.12. The lowest BCUT2D eigenvalue weighted by molar-refractivity contribution is -0.384. The molecule has 0 bridgehead atoms. The Morgan fingerprint density at radius 3 is 2.55 bits per heavy atom. The third kappa shape index (κ3) is 2.97. The zero-order valence-electron chi connectivity index (χ0n) is 11.4. The first-order chi connectivity index (χ1) is 10.6. The summed E-state index contributed by atoms with van der Waals surface area (Å²) >= 11 is 5.78. The zero-order valence-corrected chi connectivity index (χ0v) is 12.2.